The van der Waals surface area contributed by atoms with Gasteiger partial charge in [0.15, 0.2) is 0 Å². The Balaban J connectivity index is 0.000000561. The lowest BCUT2D eigenvalue weighted by Gasteiger charge is -2.15. The molecule has 1 aromatic rings. The van der Waals surface area contributed by atoms with Gasteiger partial charge in [0, 0.05) is 6.57 Å². The Bertz CT molecular complexity index is 233. The molecule has 0 aliphatic heterocycles. The molecule has 0 spiro atoms. The van der Waals surface area contributed by atoms with Crippen molar-refractivity contribution in [2.45, 2.75) is 19.6 Å². The second-order valence-corrected chi connectivity index (χ2v) is 8.69. The Morgan fingerprint density at radius 2 is 1.42 bits per heavy atom. The van der Waals surface area contributed by atoms with E-state index in [2.05, 4.69) is 56.5 Å². The molecule has 0 bridgehead atoms. The average Bonchev–Trinajstić information content (AvgIpc) is 2.08. The highest BCUT2D eigenvalue weighted by atomic mass is 28.3. The Morgan fingerprint density at radius 3 is 1.67 bits per heavy atom. The van der Waals surface area contributed by atoms with Gasteiger partial charge in [-0.2, -0.15) is 0 Å². The van der Waals surface area contributed by atoms with Gasteiger partial charge in [0.05, 0.1) is 8.07 Å². The van der Waals surface area contributed by atoms with Crippen LogP contribution < -0.4 is 5.19 Å². The van der Waals surface area contributed by atoms with Crippen molar-refractivity contribution in [3.63, 3.8) is 0 Å². The van der Waals surface area contributed by atoms with E-state index >= 15 is 0 Å². The fourth-order valence-corrected chi connectivity index (χ4v) is 2.13. The summed E-state index contributed by atoms with van der Waals surface area (Å²) in [5, 5.41) is 8.04. The molecule has 0 atom stereocenters. The molecule has 1 nitrogen and oxygen atoms in total. The SMILES string of the molecule is C#N.C[Si](C)(C)c1ccccc1. The minimum absolute atomic E-state index is 1.03. The van der Waals surface area contributed by atoms with Gasteiger partial charge in [-0.3, -0.25) is 0 Å². The zero-order valence-electron chi connectivity index (χ0n) is 7.91. The maximum Gasteiger partial charge on any atom is 0.0775 e. The summed E-state index contributed by atoms with van der Waals surface area (Å²) in [4.78, 5) is 0. The van der Waals surface area contributed by atoms with Crippen LogP contribution in [0, 0.1) is 11.8 Å². The van der Waals surface area contributed by atoms with Crippen molar-refractivity contribution < 1.29 is 0 Å². The van der Waals surface area contributed by atoms with Crippen LogP contribution in [0.15, 0.2) is 30.3 Å². The molecular formula is C10H15NSi. The summed E-state index contributed by atoms with van der Waals surface area (Å²) in [5.41, 5.74) is 0. The third kappa shape index (κ3) is 3.36. The van der Waals surface area contributed by atoms with Crippen molar-refractivity contribution >= 4 is 13.3 Å². The fourth-order valence-electron chi connectivity index (χ4n) is 0.938. The highest BCUT2D eigenvalue weighted by Gasteiger charge is 2.14. The quantitative estimate of drug-likeness (QED) is 0.604. The fraction of sp³-hybridized carbons (Fsp3) is 0.300. The van der Waals surface area contributed by atoms with E-state index in [0.29, 0.717) is 0 Å². The predicted molar refractivity (Wildman–Crippen MR) is 56.1 cm³/mol. The van der Waals surface area contributed by atoms with Crippen LogP contribution in [0.25, 0.3) is 0 Å². The summed E-state index contributed by atoms with van der Waals surface area (Å²) < 4.78 is 0. The van der Waals surface area contributed by atoms with Gasteiger partial charge in [0.1, 0.15) is 0 Å². The van der Waals surface area contributed by atoms with Crippen molar-refractivity contribution in [1.29, 1.82) is 5.26 Å². The van der Waals surface area contributed by atoms with Gasteiger partial charge >= 0.3 is 0 Å². The third-order valence-electron chi connectivity index (χ3n) is 1.64. The molecule has 64 valence electrons. The van der Waals surface area contributed by atoms with Gasteiger partial charge in [-0.05, 0) is 0 Å². The molecule has 12 heavy (non-hydrogen) atoms. The van der Waals surface area contributed by atoms with Crippen LogP contribution >= 0.6 is 0 Å². The van der Waals surface area contributed by atoms with Crippen LogP contribution in [0.3, 0.4) is 0 Å². The van der Waals surface area contributed by atoms with Crippen molar-refractivity contribution in [2.75, 3.05) is 0 Å². The number of rotatable bonds is 1. The minimum Gasteiger partial charge on any atom is -0.202 e. The van der Waals surface area contributed by atoms with E-state index in [1.54, 1.807) is 0 Å². The minimum atomic E-state index is -1.03. The van der Waals surface area contributed by atoms with Crippen molar-refractivity contribution in [1.82, 2.24) is 0 Å². The van der Waals surface area contributed by atoms with Crippen LogP contribution in [0.2, 0.25) is 19.6 Å². The van der Waals surface area contributed by atoms with E-state index in [0.717, 1.165) is 0 Å². The second-order valence-electron chi connectivity index (χ2n) is 3.62. The van der Waals surface area contributed by atoms with Crippen LogP contribution in [0.1, 0.15) is 0 Å². The van der Waals surface area contributed by atoms with Gasteiger partial charge in [0.2, 0.25) is 0 Å². The first kappa shape index (κ1) is 10.9. The molecule has 0 fully saturated rings. The number of hydrogen-bond donors (Lipinski definition) is 0. The molecule has 0 aromatic heterocycles. The Hall–Kier alpha value is -1.07. The summed E-state index contributed by atoms with van der Waals surface area (Å²) in [7, 11) is -1.03. The maximum absolute atomic E-state index is 6.50. The summed E-state index contributed by atoms with van der Waals surface area (Å²) in [6.45, 7) is 10.6. The maximum atomic E-state index is 6.50. The average molecular weight is 177 g/mol. The van der Waals surface area contributed by atoms with Gasteiger partial charge in [-0.25, -0.2) is 5.26 Å². The van der Waals surface area contributed by atoms with E-state index in [1.165, 1.54) is 5.19 Å². The molecule has 1 aromatic carbocycles. The molecule has 0 saturated carbocycles. The van der Waals surface area contributed by atoms with E-state index < -0.39 is 8.07 Å². The van der Waals surface area contributed by atoms with Gasteiger partial charge < -0.3 is 0 Å². The number of benzene rings is 1. The van der Waals surface area contributed by atoms with Gasteiger partial charge in [-0.15, -0.1) is 0 Å². The lowest BCUT2D eigenvalue weighted by Crippen LogP contribution is -2.37. The predicted octanol–water partition coefficient (Wildman–Crippen LogP) is 2.37. The molecule has 0 unspecified atom stereocenters. The Labute approximate surface area is 75.7 Å². The van der Waals surface area contributed by atoms with E-state index in [-0.39, 0.29) is 0 Å². The zero-order chi connectivity index (χ0) is 9.61. The molecule has 0 aliphatic rings. The molecule has 0 amide bonds. The number of nitriles is 1. The smallest absolute Gasteiger partial charge is 0.0775 e. The first-order chi connectivity index (χ1) is 5.61. The molecule has 2 heteroatoms. The summed E-state index contributed by atoms with van der Waals surface area (Å²) in [6, 6.07) is 10.8. The lowest BCUT2D eigenvalue weighted by atomic mass is 10.4. The number of nitrogens with zero attached hydrogens (tertiary/aromatic N) is 1. The summed E-state index contributed by atoms with van der Waals surface area (Å²) >= 11 is 0. The molecule has 1 rings (SSSR count). The van der Waals surface area contributed by atoms with Crippen molar-refractivity contribution in [2.24, 2.45) is 0 Å². The molecule has 0 aliphatic carbocycles. The second kappa shape index (κ2) is 4.73. The first-order valence-corrected chi connectivity index (χ1v) is 7.42. The molecule has 0 radical (unpaired) electrons. The standard InChI is InChI=1S/C9H14Si.CHN/c1-10(2,3)9-7-5-4-6-8-9;1-2/h4-8H,1-3H3;1H. The lowest BCUT2D eigenvalue weighted by molar-refractivity contribution is 1.58. The van der Waals surface area contributed by atoms with Crippen LogP contribution in [0.4, 0.5) is 0 Å². The first-order valence-electron chi connectivity index (χ1n) is 3.92. The largest absolute Gasteiger partial charge is 0.202 e. The van der Waals surface area contributed by atoms with Crippen molar-refractivity contribution in [3.05, 3.63) is 30.3 Å². The van der Waals surface area contributed by atoms with Gasteiger partial charge in [-0.1, -0.05) is 55.2 Å². The van der Waals surface area contributed by atoms with Crippen LogP contribution in [0.5, 0.6) is 0 Å². The highest BCUT2D eigenvalue weighted by molar-refractivity contribution is 6.88. The van der Waals surface area contributed by atoms with Crippen molar-refractivity contribution in [3.8, 4) is 6.57 Å². The van der Waals surface area contributed by atoms with Crippen LogP contribution in [-0.4, -0.2) is 8.07 Å². The van der Waals surface area contributed by atoms with E-state index in [9.17, 15) is 0 Å². The Morgan fingerprint density at radius 1 is 1.00 bits per heavy atom. The molecular weight excluding hydrogens is 162 g/mol. The van der Waals surface area contributed by atoms with E-state index in [1.807, 2.05) is 0 Å². The topological polar surface area (TPSA) is 23.8 Å². The van der Waals surface area contributed by atoms with E-state index in [4.69, 9.17) is 5.26 Å². The molecule has 0 heterocycles. The molecule has 0 saturated heterocycles. The van der Waals surface area contributed by atoms with Crippen LogP contribution in [-0.2, 0) is 0 Å². The summed E-state index contributed by atoms with van der Waals surface area (Å²) in [6.07, 6.45) is 0. The third-order valence-corrected chi connectivity index (χ3v) is 3.71. The summed E-state index contributed by atoms with van der Waals surface area (Å²) in [5.74, 6) is 0. The highest BCUT2D eigenvalue weighted by Crippen LogP contribution is 2.00. The monoisotopic (exact) mass is 177 g/mol. The normalized spacial score (nSPS) is 9.75. The molecule has 0 N–H and O–H groups in total. The zero-order valence-corrected chi connectivity index (χ0v) is 8.91. The number of hydrogen-bond acceptors (Lipinski definition) is 1. The Kier molecular flexibility index (Phi) is 4.31. The van der Waals surface area contributed by atoms with Gasteiger partial charge in [0.25, 0.3) is 0 Å².